The van der Waals surface area contributed by atoms with Crippen LogP contribution in [-0.2, 0) is 19.1 Å². The van der Waals surface area contributed by atoms with E-state index in [2.05, 4.69) is 12.2 Å². The number of hydrogen-bond acceptors (Lipinski definition) is 5. The molecule has 7 heteroatoms. The first-order valence-electron chi connectivity index (χ1n) is 11.2. The monoisotopic (exact) mass is 420 g/mol. The van der Waals surface area contributed by atoms with Crippen LogP contribution in [0.25, 0.3) is 0 Å². The van der Waals surface area contributed by atoms with Crippen LogP contribution in [0.4, 0.5) is 0 Å². The lowest BCUT2D eigenvalue weighted by Gasteiger charge is -2.59. The van der Waals surface area contributed by atoms with Crippen LogP contribution < -0.4 is 5.32 Å². The van der Waals surface area contributed by atoms with Gasteiger partial charge in [-0.3, -0.25) is 9.59 Å². The van der Waals surface area contributed by atoms with Gasteiger partial charge in [0.2, 0.25) is 5.91 Å². The quantitative estimate of drug-likeness (QED) is 0.692. The van der Waals surface area contributed by atoms with Gasteiger partial charge in [0.05, 0.1) is 4.87 Å². The highest BCUT2D eigenvalue weighted by Crippen LogP contribution is 2.61. The van der Waals surface area contributed by atoms with Crippen molar-refractivity contribution in [1.29, 1.82) is 0 Å². The lowest BCUT2D eigenvalue weighted by Crippen LogP contribution is -2.56. The molecule has 0 spiro atoms. The predicted octanol–water partition coefficient (Wildman–Crippen LogP) is 2.70. The molecule has 0 unspecified atom stereocenters. The first-order chi connectivity index (χ1) is 13.8. The first kappa shape index (κ1) is 19.7. The van der Waals surface area contributed by atoms with Crippen LogP contribution in [0, 0.1) is 23.2 Å². The van der Waals surface area contributed by atoms with Gasteiger partial charge in [0.15, 0.2) is 6.61 Å². The average molecular weight is 421 g/mol. The molecular formula is C22H32N2O4S. The van der Waals surface area contributed by atoms with E-state index in [0.717, 1.165) is 24.2 Å². The van der Waals surface area contributed by atoms with Crippen LogP contribution in [-0.4, -0.2) is 52.0 Å². The zero-order chi connectivity index (χ0) is 20.4. The van der Waals surface area contributed by atoms with Gasteiger partial charge in [-0.1, -0.05) is 0 Å². The van der Waals surface area contributed by atoms with E-state index >= 15 is 0 Å². The average Bonchev–Trinajstić information content (AvgIpc) is 3.14. The number of hydrogen-bond donors (Lipinski definition) is 1. The second kappa shape index (κ2) is 6.89. The highest BCUT2D eigenvalue weighted by Gasteiger charge is 2.54. The number of nitrogens with zero attached hydrogens (tertiary/aromatic N) is 1. The summed E-state index contributed by atoms with van der Waals surface area (Å²) >= 11 is 1.64. The minimum Gasteiger partial charge on any atom is -0.454 e. The van der Waals surface area contributed by atoms with Crippen LogP contribution in [0.15, 0.2) is 0 Å². The Kier molecular flexibility index (Phi) is 4.68. The Hall–Kier alpha value is -1.24. The second-order valence-corrected chi connectivity index (χ2v) is 11.9. The van der Waals surface area contributed by atoms with Crippen molar-refractivity contribution in [3.05, 3.63) is 0 Å². The van der Waals surface area contributed by atoms with Gasteiger partial charge in [-0.05, 0) is 82.0 Å². The Bertz CT molecular complexity index is 705. The van der Waals surface area contributed by atoms with Gasteiger partial charge in [0.25, 0.3) is 5.91 Å². The Morgan fingerprint density at radius 3 is 2.45 bits per heavy atom. The molecule has 2 saturated heterocycles. The third-order valence-corrected chi connectivity index (χ3v) is 9.95. The maximum atomic E-state index is 12.6. The van der Waals surface area contributed by atoms with E-state index in [0.29, 0.717) is 12.2 Å². The standard InChI is InChI=1S/C22H32N2O4S/c1-13(22-8-14-5-15(9-22)7-16(6-14)10-22)23-18(25)11-28-20(27)17-12-29-21(2)4-3-19(26)24(17)21/h13-17H,3-12H2,1-2H3,(H,23,25)/t13-,14?,15?,16?,17-,21+,22?/m0/s1. The van der Waals surface area contributed by atoms with Crippen molar-refractivity contribution in [2.45, 2.75) is 82.2 Å². The van der Waals surface area contributed by atoms with Gasteiger partial charge in [0.1, 0.15) is 6.04 Å². The molecule has 6 aliphatic rings. The fourth-order valence-electron chi connectivity index (χ4n) is 7.37. The maximum Gasteiger partial charge on any atom is 0.330 e. The van der Waals surface area contributed by atoms with E-state index in [1.54, 1.807) is 16.7 Å². The van der Waals surface area contributed by atoms with Crippen LogP contribution in [0.2, 0.25) is 0 Å². The third-order valence-electron chi connectivity index (χ3n) is 8.44. The molecule has 3 atom stereocenters. The van der Waals surface area contributed by atoms with Crippen LogP contribution in [0.5, 0.6) is 0 Å². The van der Waals surface area contributed by atoms with Crippen molar-refractivity contribution in [3.63, 3.8) is 0 Å². The largest absolute Gasteiger partial charge is 0.454 e. The number of rotatable bonds is 5. The Morgan fingerprint density at radius 1 is 1.21 bits per heavy atom. The molecule has 2 heterocycles. The summed E-state index contributed by atoms with van der Waals surface area (Å²) in [5, 5.41) is 3.14. The number of esters is 1. The van der Waals surface area contributed by atoms with Crippen molar-refractivity contribution >= 4 is 29.5 Å². The predicted molar refractivity (Wildman–Crippen MR) is 110 cm³/mol. The molecule has 4 bridgehead atoms. The van der Waals surface area contributed by atoms with Crippen LogP contribution >= 0.6 is 11.8 Å². The minimum absolute atomic E-state index is 0.0133. The number of ether oxygens (including phenoxy) is 1. The summed E-state index contributed by atoms with van der Waals surface area (Å²) in [4.78, 5) is 38.7. The molecule has 6 nitrogen and oxygen atoms in total. The van der Waals surface area contributed by atoms with Crippen molar-refractivity contribution in [1.82, 2.24) is 10.2 Å². The molecule has 6 fully saturated rings. The van der Waals surface area contributed by atoms with E-state index in [-0.39, 0.29) is 34.7 Å². The van der Waals surface area contributed by atoms with Gasteiger partial charge in [-0.15, -0.1) is 11.8 Å². The number of carbonyl (C=O) groups excluding carboxylic acids is 3. The van der Waals surface area contributed by atoms with E-state index < -0.39 is 12.0 Å². The molecule has 2 aliphatic heterocycles. The van der Waals surface area contributed by atoms with Gasteiger partial charge in [-0.25, -0.2) is 4.79 Å². The highest BCUT2D eigenvalue weighted by molar-refractivity contribution is 8.01. The summed E-state index contributed by atoms with van der Waals surface area (Å²) in [6, 6.07) is -0.444. The Morgan fingerprint density at radius 2 is 1.83 bits per heavy atom. The molecule has 0 radical (unpaired) electrons. The zero-order valence-electron chi connectivity index (χ0n) is 17.4. The lowest BCUT2D eigenvalue weighted by molar-refractivity contribution is -0.156. The molecular weight excluding hydrogens is 388 g/mol. The van der Waals surface area contributed by atoms with Crippen molar-refractivity contribution in [2.75, 3.05) is 12.4 Å². The SMILES string of the molecule is C[C@H](NC(=O)COC(=O)[C@@H]1CS[C@]2(C)CCC(=O)N12)C12CC3CC(CC(C3)C1)C2. The lowest BCUT2D eigenvalue weighted by atomic mass is 9.48. The van der Waals surface area contributed by atoms with Gasteiger partial charge in [0, 0.05) is 18.2 Å². The number of thioether (sulfide) groups is 1. The van der Waals surface area contributed by atoms with E-state index in [9.17, 15) is 14.4 Å². The van der Waals surface area contributed by atoms with Gasteiger partial charge in [-0.2, -0.15) is 0 Å². The summed E-state index contributed by atoms with van der Waals surface area (Å²) in [5.41, 5.74) is 0.236. The molecule has 0 aromatic heterocycles. The second-order valence-electron chi connectivity index (χ2n) is 10.4. The Balaban J connectivity index is 1.15. The van der Waals surface area contributed by atoms with Crippen molar-refractivity contribution < 1.29 is 19.1 Å². The first-order valence-corrected chi connectivity index (χ1v) is 12.2. The van der Waals surface area contributed by atoms with E-state index in [4.69, 9.17) is 4.74 Å². The normalized spacial score (nSPS) is 43.4. The number of amides is 2. The van der Waals surface area contributed by atoms with Gasteiger partial charge < -0.3 is 15.0 Å². The zero-order valence-corrected chi connectivity index (χ0v) is 18.3. The molecule has 0 aromatic carbocycles. The van der Waals surface area contributed by atoms with Crippen molar-refractivity contribution in [3.8, 4) is 0 Å². The fourth-order valence-corrected chi connectivity index (χ4v) is 8.79. The minimum atomic E-state index is -0.562. The summed E-state index contributed by atoms with van der Waals surface area (Å²) < 4.78 is 5.35. The topological polar surface area (TPSA) is 75.7 Å². The summed E-state index contributed by atoms with van der Waals surface area (Å²) in [6.45, 7) is 3.89. The van der Waals surface area contributed by atoms with Crippen LogP contribution in [0.1, 0.15) is 65.2 Å². The summed E-state index contributed by atoms with van der Waals surface area (Å²) in [5.74, 6) is 2.41. The van der Waals surface area contributed by atoms with E-state index in [1.165, 1.54) is 38.5 Å². The molecule has 2 amide bonds. The molecule has 4 aliphatic carbocycles. The van der Waals surface area contributed by atoms with E-state index in [1.807, 2.05) is 6.92 Å². The summed E-state index contributed by atoms with van der Waals surface area (Å²) in [7, 11) is 0. The molecule has 29 heavy (non-hydrogen) atoms. The Labute approximate surface area is 176 Å². The molecule has 4 saturated carbocycles. The molecule has 6 rings (SSSR count). The third kappa shape index (κ3) is 3.28. The molecule has 0 aromatic rings. The fraction of sp³-hybridized carbons (Fsp3) is 0.864. The summed E-state index contributed by atoms with van der Waals surface area (Å²) in [6.07, 6.45) is 9.08. The smallest absolute Gasteiger partial charge is 0.330 e. The highest BCUT2D eigenvalue weighted by atomic mass is 32.2. The number of fused-ring (bicyclic) bond motifs is 1. The maximum absolute atomic E-state index is 12.6. The van der Waals surface area contributed by atoms with Crippen LogP contribution in [0.3, 0.4) is 0 Å². The molecule has 160 valence electrons. The number of nitrogens with one attached hydrogen (secondary N) is 1. The number of carbonyl (C=O) groups is 3. The van der Waals surface area contributed by atoms with Crippen molar-refractivity contribution in [2.24, 2.45) is 23.2 Å². The van der Waals surface area contributed by atoms with Gasteiger partial charge >= 0.3 is 5.97 Å². The molecule has 1 N–H and O–H groups in total.